The second kappa shape index (κ2) is 4.39. The smallest absolute Gasteiger partial charge is 0.204 e. The molecule has 0 amide bonds. The summed E-state index contributed by atoms with van der Waals surface area (Å²) < 4.78 is 0.896. The van der Waals surface area contributed by atoms with Gasteiger partial charge in [-0.1, -0.05) is 12.1 Å². The van der Waals surface area contributed by atoms with Crippen LogP contribution in [0.3, 0.4) is 0 Å². The lowest BCUT2D eigenvalue weighted by molar-refractivity contribution is 0.104. The van der Waals surface area contributed by atoms with Crippen molar-refractivity contribution in [2.45, 2.75) is 19.3 Å². The van der Waals surface area contributed by atoms with Gasteiger partial charge in [0, 0.05) is 10.0 Å². The lowest BCUT2D eigenvalue weighted by Crippen LogP contribution is -2.00. The molecule has 1 aliphatic rings. The third-order valence-electron chi connectivity index (χ3n) is 3.18. The number of thiophene rings is 1. The van der Waals surface area contributed by atoms with Crippen molar-refractivity contribution in [1.29, 1.82) is 0 Å². The Balaban J connectivity index is 2.00. The monoisotopic (exact) mass is 306 g/mol. The van der Waals surface area contributed by atoms with Crippen LogP contribution in [0.1, 0.15) is 32.8 Å². The molecule has 2 aromatic rings. The molecule has 86 valence electrons. The van der Waals surface area contributed by atoms with Crippen LogP contribution in [0.15, 0.2) is 34.1 Å². The highest BCUT2D eigenvalue weighted by molar-refractivity contribution is 9.10. The zero-order valence-corrected chi connectivity index (χ0v) is 11.6. The molecule has 17 heavy (non-hydrogen) atoms. The molecular weight excluding hydrogens is 296 g/mol. The van der Waals surface area contributed by atoms with E-state index in [0.29, 0.717) is 0 Å². The van der Waals surface area contributed by atoms with Crippen LogP contribution >= 0.6 is 27.3 Å². The standard InChI is InChI=1S/C14H11BrOS/c15-12-6-7-17-14(12)13(16)11-5-4-9-2-1-3-10(9)8-11/h4-8H,1-3H2. The molecule has 0 radical (unpaired) electrons. The third-order valence-corrected chi connectivity index (χ3v) is 5.02. The first kappa shape index (κ1) is 11.2. The number of rotatable bonds is 2. The first-order valence-corrected chi connectivity index (χ1v) is 7.32. The zero-order chi connectivity index (χ0) is 11.8. The van der Waals surface area contributed by atoms with Crippen LogP contribution in [0.4, 0.5) is 0 Å². The third kappa shape index (κ3) is 1.98. The van der Waals surface area contributed by atoms with E-state index in [4.69, 9.17) is 0 Å². The van der Waals surface area contributed by atoms with Gasteiger partial charge in [-0.15, -0.1) is 11.3 Å². The molecule has 0 bridgehead atoms. The summed E-state index contributed by atoms with van der Waals surface area (Å²) in [7, 11) is 0. The molecule has 0 aliphatic heterocycles. The number of carbonyl (C=O) groups is 1. The van der Waals surface area contributed by atoms with E-state index in [1.807, 2.05) is 17.5 Å². The summed E-state index contributed by atoms with van der Waals surface area (Å²) in [5.74, 6) is 0.126. The molecular formula is C14H11BrOS. The normalized spacial score (nSPS) is 13.7. The number of benzene rings is 1. The zero-order valence-electron chi connectivity index (χ0n) is 9.20. The Kier molecular flexibility index (Phi) is 2.89. The summed E-state index contributed by atoms with van der Waals surface area (Å²) >= 11 is 4.91. The van der Waals surface area contributed by atoms with Crippen LogP contribution < -0.4 is 0 Å². The minimum Gasteiger partial charge on any atom is -0.288 e. The van der Waals surface area contributed by atoms with Gasteiger partial charge in [0.25, 0.3) is 0 Å². The SMILES string of the molecule is O=C(c1ccc2c(c1)CCC2)c1sccc1Br. The van der Waals surface area contributed by atoms with Crippen LogP contribution in [0.5, 0.6) is 0 Å². The van der Waals surface area contributed by atoms with E-state index in [2.05, 4.69) is 28.1 Å². The molecule has 0 unspecified atom stereocenters. The molecule has 1 aromatic heterocycles. The van der Waals surface area contributed by atoms with Gasteiger partial charge in [-0.05, 0) is 63.8 Å². The topological polar surface area (TPSA) is 17.1 Å². The van der Waals surface area contributed by atoms with Gasteiger partial charge in [-0.2, -0.15) is 0 Å². The van der Waals surface area contributed by atoms with Gasteiger partial charge in [-0.25, -0.2) is 0 Å². The second-order valence-electron chi connectivity index (χ2n) is 4.26. The fraction of sp³-hybridized carbons (Fsp3) is 0.214. The first-order chi connectivity index (χ1) is 8.25. The van der Waals surface area contributed by atoms with Crippen molar-refractivity contribution >= 4 is 33.0 Å². The van der Waals surface area contributed by atoms with Gasteiger partial charge < -0.3 is 0 Å². The maximum absolute atomic E-state index is 12.3. The quantitative estimate of drug-likeness (QED) is 0.759. The van der Waals surface area contributed by atoms with Gasteiger partial charge in [0.15, 0.2) is 0 Å². The largest absolute Gasteiger partial charge is 0.288 e. The Hall–Kier alpha value is -0.930. The molecule has 1 aromatic carbocycles. The number of aryl methyl sites for hydroxylation is 2. The van der Waals surface area contributed by atoms with Gasteiger partial charge in [-0.3, -0.25) is 4.79 Å². The number of ketones is 1. The molecule has 0 saturated carbocycles. The molecule has 1 nitrogen and oxygen atoms in total. The average Bonchev–Trinajstić information content (AvgIpc) is 2.95. The van der Waals surface area contributed by atoms with Gasteiger partial charge >= 0.3 is 0 Å². The molecule has 3 heteroatoms. The summed E-state index contributed by atoms with van der Waals surface area (Å²) in [6.45, 7) is 0. The number of fused-ring (bicyclic) bond motifs is 1. The highest BCUT2D eigenvalue weighted by Crippen LogP contribution is 2.28. The van der Waals surface area contributed by atoms with E-state index in [1.165, 1.54) is 28.9 Å². The van der Waals surface area contributed by atoms with Crippen LogP contribution in [-0.2, 0) is 12.8 Å². The Morgan fingerprint density at radius 2 is 2.00 bits per heavy atom. The summed E-state index contributed by atoms with van der Waals surface area (Å²) in [5, 5.41) is 1.94. The average molecular weight is 307 g/mol. The van der Waals surface area contributed by atoms with Crippen molar-refractivity contribution in [2.75, 3.05) is 0 Å². The lowest BCUT2D eigenvalue weighted by Gasteiger charge is -2.03. The minimum absolute atomic E-state index is 0.126. The van der Waals surface area contributed by atoms with E-state index >= 15 is 0 Å². The van der Waals surface area contributed by atoms with Crippen LogP contribution in [0, 0.1) is 0 Å². The van der Waals surface area contributed by atoms with E-state index in [-0.39, 0.29) is 5.78 Å². The van der Waals surface area contributed by atoms with Crippen molar-refractivity contribution in [1.82, 2.24) is 0 Å². The number of hydrogen-bond acceptors (Lipinski definition) is 2. The van der Waals surface area contributed by atoms with Crippen LogP contribution in [-0.4, -0.2) is 5.78 Å². The Bertz CT molecular complexity index is 586. The number of carbonyl (C=O) groups excluding carboxylic acids is 1. The Labute approximate surface area is 113 Å². The molecule has 3 rings (SSSR count). The Morgan fingerprint density at radius 1 is 1.18 bits per heavy atom. The molecule has 0 atom stereocenters. The second-order valence-corrected chi connectivity index (χ2v) is 6.03. The van der Waals surface area contributed by atoms with Crippen molar-refractivity contribution in [3.8, 4) is 0 Å². The molecule has 0 spiro atoms. The van der Waals surface area contributed by atoms with Gasteiger partial charge in [0.05, 0.1) is 4.88 Å². The summed E-state index contributed by atoms with van der Waals surface area (Å²) in [5.41, 5.74) is 3.57. The predicted octanol–water partition coefficient (Wildman–Crippen LogP) is 4.23. The van der Waals surface area contributed by atoms with E-state index < -0.39 is 0 Å². The highest BCUT2D eigenvalue weighted by Gasteiger charge is 2.17. The molecule has 0 N–H and O–H groups in total. The molecule has 0 fully saturated rings. The summed E-state index contributed by atoms with van der Waals surface area (Å²) in [6, 6.07) is 8.05. The maximum atomic E-state index is 12.3. The van der Waals surface area contributed by atoms with E-state index in [1.54, 1.807) is 0 Å². The number of hydrogen-bond donors (Lipinski definition) is 0. The van der Waals surface area contributed by atoms with Crippen molar-refractivity contribution < 1.29 is 4.79 Å². The van der Waals surface area contributed by atoms with Crippen LogP contribution in [0.25, 0.3) is 0 Å². The predicted molar refractivity (Wildman–Crippen MR) is 73.9 cm³/mol. The Morgan fingerprint density at radius 3 is 2.76 bits per heavy atom. The lowest BCUT2D eigenvalue weighted by atomic mass is 10.0. The van der Waals surface area contributed by atoms with Crippen molar-refractivity contribution in [3.63, 3.8) is 0 Å². The fourth-order valence-corrected chi connectivity index (χ4v) is 3.81. The fourth-order valence-electron chi connectivity index (χ4n) is 2.30. The maximum Gasteiger partial charge on any atom is 0.204 e. The minimum atomic E-state index is 0.126. The van der Waals surface area contributed by atoms with E-state index in [9.17, 15) is 4.79 Å². The van der Waals surface area contributed by atoms with E-state index in [0.717, 1.165) is 27.8 Å². The summed E-state index contributed by atoms with van der Waals surface area (Å²) in [4.78, 5) is 13.1. The van der Waals surface area contributed by atoms with Crippen molar-refractivity contribution in [2.24, 2.45) is 0 Å². The molecule has 1 heterocycles. The van der Waals surface area contributed by atoms with Gasteiger partial charge in [0.2, 0.25) is 5.78 Å². The molecule has 0 saturated heterocycles. The number of halogens is 1. The molecule has 1 aliphatic carbocycles. The highest BCUT2D eigenvalue weighted by atomic mass is 79.9. The summed E-state index contributed by atoms with van der Waals surface area (Å²) in [6.07, 6.45) is 3.49. The first-order valence-electron chi connectivity index (χ1n) is 5.65. The van der Waals surface area contributed by atoms with Crippen molar-refractivity contribution in [3.05, 3.63) is 55.7 Å². The van der Waals surface area contributed by atoms with Crippen LogP contribution in [0.2, 0.25) is 0 Å². The van der Waals surface area contributed by atoms with Gasteiger partial charge in [0.1, 0.15) is 0 Å².